The average molecular weight is 303 g/mol. The number of rotatable bonds is 4. The second-order valence-electron chi connectivity index (χ2n) is 4.78. The SMILES string of the molecule is CCCc1cc(NC(=O)c2cc3cc(F)ccc3s2)n[nH]1. The number of anilines is 1. The Labute approximate surface area is 125 Å². The van der Waals surface area contributed by atoms with Crippen molar-refractivity contribution in [1.29, 1.82) is 0 Å². The fourth-order valence-electron chi connectivity index (χ4n) is 2.13. The van der Waals surface area contributed by atoms with E-state index in [1.165, 1.54) is 23.5 Å². The summed E-state index contributed by atoms with van der Waals surface area (Å²) in [5.74, 6) is -0.0259. The normalized spacial score (nSPS) is 11.0. The number of amides is 1. The van der Waals surface area contributed by atoms with E-state index < -0.39 is 0 Å². The third-order valence-electron chi connectivity index (χ3n) is 3.09. The summed E-state index contributed by atoms with van der Waals surface area (Å²) in [7, 11) is 0. The zero-order chi connectivity index (χ0) is 14.8. The van der Waals surface area contributed by atoms with Gasteiger partial charge >= 0.3 is 0 Å². The van der Waals surface area contributed by atoms with Crippen LogP contribution in [0, 0.1) is 5.82 Å². The number of nitrogens with one attached hydrogen (secondary N) is 2. The Balaban J connectivity index is 1.79. The van der Waals surface area contributed by atoms with Crippen LogP contribution in [0.15, 0.2) is 30.3 Å². The molecule has 0 atom stereocenters. The fourth-order valence-corrected chi connectivity index (χ4v) is 3.07. The summed E-state index contributed by atoms with van der Waals surface area (Å²) in [5, 5.41) is 10.4. The van der Waals surface area contributed by atoms with Gasteiger partial charge in [0.2, 0.25) is 0 Å². The summed E-state index contributed by atoms with van der Waals surface area (Å²) >= 11 is 1.33. The van der Waals surface area contributed by atoms with Crippen LogP contribution in [0.3, 0.4) is 0 Å². The maximum atomic E-state index is 13.2. The van der Waals surface area contributed by atoms with Gasteiger partial charge in [-0.05, 0) is 36.1 Å². The molecule has 2 heterocycles. The Bertz CT molecular complexity index is 793. The predicted octanol–water partition coefficient (Wildman–Crippen LogP) is 3.97. The van der Waals surface area contributed by atoms with E-state index in [1.54, 1.807) is 12.1 Å². The number of benzene rings is 1. The quantitative estimate of drug-likeness (QED) is 0.766. The average Bonchev–Trinajstić information content (AvgIpc) is 3.05. The lowest BCUT2D eigenvalue weighted by Crippen LogP contribution is -2.10. The standard InChI is InChI=1S/C15H14FN3OS/c1-2-3-11-8-14(19-18-11)17-15(20)13-7-9-6-10(16)4-5-12(9)21-13/h4-8H,2-3H2,1H3,(H2,17,18,19,20). The maximum absolute atomic E-state index is 13.2. The van der Waals surface area contributed by atoms with E-state index in [9.17, 15) is 9.18 Å². The molecule has 3 aromatic rings. The van der Waals surface area contributed by atoms with Gasteiger partial charge in [0, 0.05) is 16.5 Å². The lowest BCUT2D eigenvalue weighted by Gasteiger charge is -1.97. The molecule has 0 saturated carbocycles. The molecule has 0 bridgehead atoms. The first kappa shape index (κ1) is 13.8. The molecule has 2 N–H and O–H groups in total. The summed E-state index contributed by atoms with van der Waals surface area (Å²) in [4.78, 5) is 12.7. The summed E-state index contributed by atoms with van der Waals surface area (Å²) < 4.78 is 14.0. The minimum Gasteiger partial charge on any atom is -0.304 e. The third-order valence-corrected chi connectivity index (χ3v) is 4.21. The Morgan fingerprint density at radius 3 is 3.05 bits per heavy atom. The highest BCUT2D eigenvalue weighted by atomic mass is 32.1. The van der Waals surface area contributed by atoms with Gasteiger partial charge in [0.25, 0.3) is 5.91 Å². The van der Waals surface area contributed by atoms with Gasteiger partial charge in [-0.3, -0.25) is 9.89 Å². The van der Waals surface area contributed by atoms with E-state index in [0.29, 0.717) is 10.7 Å². The molecule has 1 amide bonds. The lowest BCUT2D eigenvalue weighted by molar-refractivity contribution is 0.103. The molecule has 0 spiro atoms. The van der Waals surface area contributed by atoms with Gasteiger partial charge in [0.15, 0.2) is 5.82 Å². The van der Waals surface area contributed by atoms with Gasteiger partial charge in [-0.15, -0.1) is 11.3 Å². The highest BCUT2D eigenvalue weighted by Crippen LogP contribution is 2.26. The van der Waals surface area contributed by atoms with E-state index in [4.69, 9.17) is 0 Å². The van der Waals surface area contributed by atoms with Crippen LogP contribution in [-0.2, 0) is 6.42 Å². The number of fused-ring (bicyclic) bond motifs is 1. The summed E-state index contributed by atoms with van der Waals surface area (Å²) in [6, 6.07) is 8.02. The predicted molar refractivity (Wildman–Crippen MR) is 82.3 cm³/mol. The number of carbonyl (C=O) groups is 1. The Kier molecular flexibility index (Phi) is 3.70. The van der Waals surface area contributed by atoms with Crippen LogP contribution in [0.1, 0.15) is 28.7 Å². The minimum atomic E-state index is -0.302. The van der Waals surface area contributed by atoms with Crippen LogP contribution in [-0.4, -0.2) is 16.1 Å². The van der Waals surface area contributed by atoms with Crippen LogP contribution in [0.25, 0.3) is 10.1 Å². The first-order valence-corrected chi connectivity index (χ1v) is 7.52. The fraction of sp³-hybridized carbons (Fsp3) is 0.200. The van der Waals surface area contributed by atoms with Gasteiger partial charge in [0.05, 0.1) is 4.88 Å². The van der Waals surface area contributed by atoms with Gasteiger partial charge in [0.1, 0.15) is 5.82 Å². The van der Waals surface area contributed by atoms with Gasteiger partial charge < -0.3 is 5.32 Å². The second kappa shape index (κ2) is 5.65. The van der Waals surface area contributed by atoms with Crippen molar-refractivity contribution in [3.63, 3.8) is 0 Å². The van der Waals surface area contributed by atoms with Gasteiger partial charge in [-0.1, -0.05) is 13.3 Å². The largest absolute Gasteiger partial charge is 0.304 e. The number of hydrogen-bond acceptors (Lipinski definition) is 3. The molecule has 0 aliphatic heterocycles. The molecular formula is C15H14FN3OS. The first-order valence-electron chi connectivity index (χ1n) is 6.70. The van der Waals surface area contributed by atoms with Crippen molar-refractivity contribution >= 4 is 33.1 Å². The Morgan fingerprint density at radius 1 is 1.38 bits per heavy atom. The van der Waals surface area contributed by atoms with E-state index in [0.717, 1.165) is 28.6 Å². The Morgan fingerprint density at radius 2 is 2.24 bits per heavy atom. The molecule has 0 fully saturated rings. The highest BCUT2D eigenvalue weighted by molar-refractivity contribution is 7.20. The number of aryl methyl sites for hydroxylation is 1. The minimum absolute atomic E-state index is 0.230. The zero-order valence-electron chi connectivity index (χ0n) is 11.4. The van der Waals surface area contributed by atoms with Crippen LogP contribution in [0.5, 0.6) is 0 Å². The molecule has 3 rings (SSSR count). The topological polar surface area (TPSA) is 57.8 Å². The molecule has 0 unspecified atom stereocenters. The van der Waals surface area contributed by atoms with E-state index in [2.05, 4.69) is 22.4 Å². The number of nitrogens with zero attached hydrogens (tertiary/aromatic N) is 1. The number of hydrogen-bond donors (Lipinski definition) is 2. The summed E-state index contributed by atoms with van der Waals surface area (Å²) in [5.41, 5.74) is 0.992. The molecular weight excluding hydrogens is 289 g/mol. The lowest BCUT2D eigenvalue weighted by atomic mass is 10.2. The van der Waals surface area contributed by atoms with Crippen molar-refractivity contribution in [2.75, 3.05) is 5.32 Å². The number of aromatic amines is 1. The Hall–Kier alpha value is -2.21. The number of thiophene rings is 1. The molecule has 21 heavy (non-hydrogen) atoms. The van der Waals surface area contributed by atoms with Crippen molar-refractivity contribution in [3.05, 3.63) is 46.7 Å². The van der Waals surface area contributed by atoms with Gasteiger partial charge in [-0.25, -0.2) is 4.39 Å². The molecule has 6 heteroatoms. The maximum Gasteiger partial charge on any atom is 0.266 e. The van der Waals surface area contributed by atoms with E-state index in [-0.39, 0.29) is 11.7 Å². The molecule has 0 radical (unpaired) electrons. The smallest absolute Gasteiger partial charge is 0.266 e. The number of H-pyrrole nitrogens is 1. The molecule has 0 saturated heterocycles. The number of carbonyl (C=O) groups excluding carboxylic acids is 1. The monoisotopic (exact) mass is 303 g/mol. The molecule has 2 aromatic heterocycles. The van der Waals surface area contributed by atoms with Crippen molar-refractivity contribution < 1.29 is 9.18 Å². The van der Waals surface area contributed by atoms with Crippen LogP contribution < -0.4 is 5.32 Å². The van der Waals surface area contributed by atoms with Crippen molar-refractivity contribution in [2.45, 2.75) is 19.8 Å². The van der Waals surface area contributed by atoms with Crippen LogP contribution >= 0.6 is 11.3 Å². The van der Waals surface area contributed by atoms with Crippen molar-refractivity contribution in [1.82, 2.24) is 10.2 Å². The first-order chi connectivity index (χ1) is 10.2. The summed E-state index contributed by atoms with van der Waals surface area (Å²) in [6.07, 6.45) is 1.91. The molecule has 4 nitrogen and oxygen atoms in total. The van der Waals surface area contributed by atoms with E-state index in [1.807, 2.05) is 6.07 Å². The highest BCUT2D eigenvalue weighted by Gasteiger charge is 2.12. The zero-order valence-corrected chi connectivity index (χ0v) is 12.3. The van der Waals surface area contributed by atoms with Crippen LogP contribution in [0.2, 0.25) is 0 Å². The molecule has 108 valence electrons. The molecule has 0 aliphatic rings. The van der Waals surface area contributed by atoms with Crippen LogP contribution in [0.4, 0.5) is 10.2 Å². The van der Waals surface area contributed by atoms with Crippen molar-refractivity contribution in [2.24, 2.45) is 0 Å². The number of aromatic nitrogens is 2. The summed E-state index contributed by atoms with van der Waals surface area (Å²) in [6.45, 7) is 2.08. The van der Waals surface area contributed by atoms with E-state index >= 15 is 0 Å². The third kappa shape index (κ3) is 2.95. The second-order valence-corrected chi connectivity index (χ2v) is 5.86. The molecule has 1 aromatic carbocycles. The number of halogens is 1. The van der Waals surface area contributed by atoms with Crippen molar-refractivity contribution in [3.8, 4) is 0 Å². The molecule has 0 aliphatic carbocycles. The van der Waals surface area contributed by atoms with Gasteiger partial charge in [-0.2, -0.15) is 5.10 Å².